The van der Waals surface area contributed by atoms with E-state index in [2.05, 4.69) is 5.32 Å². The normalized spacial score (nSPS) is 18.6. The van der Waals surface area contributed by atoms with Crippen LogP contribution in [0.1, 0.15) is 11.7 Å². The second kappa shape index (κ2) is 4.32. The molecule has 1 aliphatic rings. The van der Waals surface area contributed by atoms with Gasteiger partial charge < -0.3 is 14.2 Å². The molecule has 1 aromatic carbocycles. The number of ether oxygens (including phenoxy) is 3. The number of benzene rings is 1. The molecule has 0 aromatic heterocycles. The minimum atomic E-state index is -0.993. The highest BCUT2D eigenvalue weighted by atomic mass is 16.6. The number of rotatable bonds is 3. The Labute approximate surface area is 97.5 Å². The van der Waals surface area contributed by atoms with Gasteiger partial charge in [-0.15, -0.1) is 0 Å². The van der Waals surface area contributed by atoms with E-state index in [9.17, 15) is 9.59 Å². The fraction of sp³-hybridized carbons (Fsp3) is 0.273. The van der Waals surface area contributed by atoms with Crippen molar-refractivity contribution in [2.45, 2.75) is 6.10 Å². The van der Waals surface area contributed by atoms with Gasteiger partial charge in [0, 0.05) is 5.56 Å². The van der Waals surface area contributed by atoms with Crippen LogP contribution in [0.15, 0.2) is 18.2 Å². The lowest BCUT2D eigenvalue weighted by Crippen LogP contribution is -2.20. The highest BCUT2D eigenvalue weighted by Crippen LogP contribution is 2.33. The van der Waals surface area contributed by atoms with E-state index in [0.29, 0.717) is 17.1 Å². The van der Waals surface area contributed by atoms with Crippen LogP contribution < -0.4 is 14.8 Å². The predicted octanol–water partition coefficient (Wildman–Crippen LogP) is 1.01. The van der Waals surface area contributed by atoms with Crippen molar-refractivity contribution in [1.82, 2.24) is 5.32 Å². The first-order chi connectivity index (χ1) is 8.15. The molecule has 1 atom stereocenters. The predicted molar refractivity (Wildman–Crippen MR) is 56.9 cm³/mol. The summed E-state index contributed by atoms with van der Waals surface area (Å²) in [6.45, 7) is 0. The van der Waals surface area contributed by atoms with Crippen LogP contribution in [0.3, 0.4) is 0 Å². The van der Waals surface area contributed by atoms with Crippen LogP contribution in [0.2, 0.25) is 0 Å². The van der Waals surface area contributed by atoms with Crippen molar-refractivity contribution < 1.29 is 23.8 Å². The Morgan fingerprint density at radius 2 is 2.00 bits per heavy atom. The third-order valence-corrected chi connectivity index (χ3v) is 2.41. The Hall–Kier alpha value is -2.24. The summed E-state index contributed by atoms with van der Waals surface area (Å²) >= 11 is 0. The molecule has 1 fully saturated rings. The zero-order valence-electron chi connectivity index (χ0n) is 9.35. The van der Waals surface area contributed by atoms with Gasteiger partial charge in [0.25, 0.3) is 5.91 Å². The van der Waals surface area contributed by atoms with Gasteiger partial charge in [-0.3, -0.25) is 10.1 Å². The monoisotopic (exact) mass is 237 g/mol. The summed E-state index contributed by atoms with van der Waals surface area (Å²) in [5.74, 6) is 0.499. The van der Waals surface area contributed by atoms with Gasteiger partial charge in [0.1, 0.15) is 11.5 Å². The molecule has 2 rings (SSSR count). The zero-order chi connectivity index (χ0) is 12.4. The van der Waals surface area contributed by atoms with Crippen LogP contribution in [0, 0.1) is 0 Å². The lowest BCUT2D eigenvalue weighted by molar-refractivity contribution is -0.123. The fourth-order valence-corrected chi connectivity index (χ4v) is 1.61. The van der Waals surface area contributed by atoms with E-state index in [1.807, 2.05) is 0 Å². The van der Waals surface area contributed by atoms with E-state index >= 15 is 0 Å². The number of imide groups is 1. The van der Waals surface area contributed by atoms with Crippen molar-refractivity contribution >= 4 is 12.0 Å². The largest absolute Gasteiger partial charge is 0.497 e. The molecule has 0 radical (unpaired) electrons. The molecule has 2 amide bonds. The van der Waals surface area contributed by atoms with Gasteiger partial charge in [-0.2, -0.15) is 0 Å². The molecule has 0 bridgehead atoms. The summed E-state index contributed by atoms with van der Waals surface area (Å²) in [4.78, 5) is 22.5. The van der Waals surface area contributed by atoms with Crippen LogP contribution in [-0.2, 0) is 9.53 Å². The minimum Gasteiger partial charge on any atom is -0.497 e. The number of alkyl carbamates (subject to hydrolysis) is 1. The highest BCUT2D eigenvalue weighted by Gasteiger charge is 2.35. The molecule has 1 aliphatic heterocycles. The lowest BCUT2D eigenvalue weighted by Gasteiger charge is -2.13. The van der Waals surface area contributed by atoms with Crippen molar-refractivity contribution in [3.05, 3.63) is 23.8 Å². The minimum absolute atomic E-state index is 0.454. The summed E-state index contributed by atoms with van der Waals surface area (Å²) in [6, 6.07) is 4.94. The van der Waals surface area contributed by atoms with Crippen molar-refractivity contribution in [3.63, 3.8) is 0 Å². The lowest BCUT2D eigenvalue weighted by atomic mass is 10.1. The number of nitrogens with one attached hydrogen (secondary N) is 1. The van der Waals surface area contributed by atoms with Crippen molar-refractivity contribution in [2.24, 2.45) is 0 Å². The molecular formula is C11H11NO5. The van der Waals surface area contributed by atoms with Crippen LogP contribution in [-0.4, -0.2) is 26.2 Å². The van der Waals surface area contributed by atoms with Gasteiger partial charge >= 0.3 is 6.09 Å². The number of cyclic esters (lactones) is 1. The third-order valence-electron chi connectivity index (χ3n) is 2.41. The smallest absolute Gasteiger partial charge is 0.415 e. The van der Waals surface area contributed by atoms with E-state index in [1.54, 1.807) is 18.2 Å². The molecule has 6 nitrogen and oxygen atoms in total. The summed E-state index contributed by atoms with van der Waals surface area (Å²) in [6.07, 6.45) is -1.75. The SMILES string of the molecule is COc1ccc(OC)c(C2OC(=O)NC2=O)c1. The number of hydrogen-bond donors (Lipinski definition) is 1. The molecular weight excluding hydrogens is 226 g/mol. The first kappa shape index (κ1) is 11.3. The molecule has 0 saturated carbocycles. The molecule has 1 unspecified atom stereocenters. The van der Waals surface area contributed by atoms with Crippen molar-refractivity contribution in [2.75, 3.05) is 14.2 Å². The number of carbonyl (C=O) groups is 2. The van der Waals surface area contributed by atoms with Crippen molar-refractivity contribution in [1.29, 1.82) is 0 Å². The molecule has 1 saturated heterocycles. The third kappa shape index (κ3) is 2.01. The first-order valence-electron chi connectivity index (χ1n) is 4.89. The van der Waals surface area contributed by atoms with Gasteiger partial charge in [-0.05, 0) is 18.2 Å². The van der Waals surface area contributed by atoms with Gasteiger partial charge in [0.2, 0.25) is 6.10 Å². The first-order valence-corrected chi connectivity index (χ1v) is 4.89. The van der Waals surface area contributed by atoms with E-state index < -0.39 is 18.1 Å². The fourth-order valence-electron chi connectivity index (χ4n) is 1.61. The molecule has 0 aliphatic carbocycles. The molecule has 1 heterocycles. The second-order valence-corrected chi connectivity index (χ2v) is 3.38. The highest BCUT2D eigenvalue weighted by molar-refractivity contribution is 6.00. The summed E-state index contributed by atoms with van der Waals surface area (Å²) in [5.41, 5.74) is 0.454. The Morgan fingerprint density at radius 1 is 1.24 bits per heavy atom. The van der Waals surface area contributed by atoms with Crippen LogP contribution in [0.4, 0.5) is 4.79 Å². The Bertz CT molecular complexity index is 471. The summed E-state index contributed by atoms with van der Waals surface area (Å²) < 4.78 is 15.0. The molecule has 17 heavy (non-hydrogen) atoms. The van der Waals surface area contributed by atoms with Crippen LogP contribution in [0.5, 0.6) is 11.5 Å². The summed E-state index contributed by atoms with van der Waals surface area (Å²) in [5, 5.41) is 2.06. The van der Waals surface area contributed by atoms with E-state index in [-0.39, 0.29) is 0 Å². The number of carbonyl (C=O) groups excluding carboxylic acids is 2. The summed E-state index contributed by atoms with van der Waals surface area (Å²) in [7, 11) is 2.98. The molecule has 1 aromatic rings. The standard InChI is InChI=1S/C11H11NO5/c1-15-6-3-4-8(16-2)7(5-6)9-10(13)12-11(14)17-9/h3-5,9H,1-2H3,(H,12,13,14). The number of methoxy groups -OCH3 is 2. The van der Waals surface area contributed by atoms with Crippen LogP contribution >= 0.6 is 0 Å². The zero-order valence-corrected chi connectivity index (χ0v) is 9.35. The maximum absolute atomic E-state index is 11.5. The quantitative estimate of drug-likeness (QED) is 0.849. The maximum Gasteiger partial charge on any atom is 0.415 e. The second-order valence-electron chi connectivity index (χ2n) is 3.38. The van der Waals surface area contributed by atoms with E-state index in [1.165, 1.54) is 14.2 Å². The number of amides is 2. The Balaban J connectivity index is 2.42. The van der Waals surface area contributed by atoms with E-state index in [0.717, 1.165) is 0 Å². The molecule has 6 heteroatoms. The average molecular weight is 237 g/mol. The molecule has 1 N–H and O–H groups in total. The van der Waals surface area contributed by atoms with Gasteiger partial charge in [0.15, 0.2) is 0 Å². The average Bonchev–Trinajstić information content (AvgIpc) is 2.67. The Morgan fingerprint density at radius 3 is 2.53 bits per heavy atom. The topological polar surface area (TPSA) is 73.9 Å². The molecule has 0 spiro atoms. The maximum atomic E-state index is 11.5. The van der Waals surface area contributed by atoms with Crippen molar-refractivity contribution in [3.8, 4) is 11.5 Å². The molecule has 90 valence electrons. The van der Waals surface area contributed by atoms with Gasteiger partial charge in [-0.25, -0.2) is 4.79 Å². The van der Waals surface area contributed by atoms with Gasteiger partial charge in [0.05, 0.1) is 14.2 Å². The van der Waals surface area contributed by atoms with Crippen LogP contribution in [0.25, 0.3) is 0 Å². The number of hydrogen-bond acceptors (Lipinski definition) is 5. The van der Waals surface area contributed by atoms with Gasteiger partial charge in [-0.1, -0.05) is 0 Å². The Kier molecular flexibility index (Phi) is 2.86. The van der Waals surface area contributed by atoms with E-state index in [4.69, 9.17) is 14.2 Å².